The van der Waals surface area contributed by atoms with Crippen molar-refractivity contribution in [2.45, 2.75) is 57.3 Å². The summed E-state index contributed by atoms with van der Waals surface area (Å²) in [7, 11) is 0. The van der Waals surface area contributed by atoms with Gasteiger partial charge in [-0.05, 0) is 43.9 Å². The molecule has 0 N–H and O–H groups in total. The van der Waals surface area contributed by atoms with Crippen LogP contribution in [0.25, 0.3) is 5.65 Å². The van der Waals surface area contributed by atoms with Gasteiger partial charge in [0.1, 0.15) is 11.3 Å². The van der Waals surface area contributed by atoms with Gasteiger partial charge in [0.05, 0.1) is 17.8 Å². The highest BCUT2D eigenvalue weighted by molar-refractivity contribution is 5.93. The molecule has 1 amide bonds. The van der Waals surface area contributed by atoms with Gasteiger partial charge < -0.3 is 18.8 Å². The molecule has 0 bridgehead atoms. The second-order valence-corrected chi connectivity index (χ2v) is 9.11. The topological polar surface area (TPSA) is 56.1 Å². The lowest BCUT2D eigenvalue weighted by Gasteiger charge is -2.48. The molecule has 4 heterocycles. The fraction of sp³-hybridized carbons (Fsp3) is 0.462. The zero-order valence-corrected chi connectivity index (χ0v) is 18.9. The summed E-state index contributed by atoms with van der Waals surface area (Å²) in [5.41, 5.74) is 3.40. The first-order chi connectivity index (χ1) is 15.5. The van der Waals surface area contributed by atoms with Gasteiger partial charge in [-0.2, -0.15) is 0 Å². The number of amides is 1. The molecule has 0 aliphatic carbocycles. The first-order valence-electron chi connectivity index (χ1n) is 11.6. The number of carbonyl (C=O) groups excluding carboxylic acids is 1. The molecule has 1 aromatic carbocycles. The highest BCUT2D eigenvalue weighted by Gasteiger charge is 2.45. The summed E-state index contributed by atoms with van der Waals surface area (Å²) in [6.07, 6.45) is 7.45. The van der Waals surface area contributed by atoms with Gasteiger partial charge in [-0.1, -0.05) is 36.4 Å². The van der Waals surface area contributed by atoms with Gasteiger partial charge in [0.2, 0.25) is 0 Å². The number of carbonyl (C=O) groups is 1. The van der Waals surface area contributed by atoms with Crippen LogP contribution >= 0.6 is 0 Å². The van der Waals surface area contributed by atoms with Crippen molar-refractivity contribution in [1.29, 1.82) is 0 Å². The van der Waals surface area contributed by atoms with Crippen molar-refractivity contribution in [3.63, 3.8) is 0 Å². The number of pyridine rings is 1. The maximum Gasteiger partial charge on any atom is 0.274 e. The predicted octanol–water partition coefficient (Wildman–Crippen LogP) is 4.57. The van der Waals surface area contributed by atoms with Gasteiger partial charge in [-0.15, -0.1) is 0 Å². The number of hydrogen-bond donors (Lipinski definition) is 0. The van der Waals surface area contributed by atoms with E-state index in [-0.39, 0.29) is 23.7 Å². The van der Waals surface area contributed by atoms with E-state index in [4.69, 9.17) is 9.47 Å². The predicted molar refractivity (Wildman–Crippen MR) is 123 cm³/mol. The molecule has 6 nitrogen and oxygen atoms in total. The molecule has 1 spiro atoms. The molecule has 0 radical (unpaired) electrons. The van der Waals surface area contributed by atoms with Crippen LogP contribution in [0.3, 0.4) is 0 Å². The number of aryl methyl sites for hydroxylation is 1. The minimum atomic E-state index is -0.245. The van der Waals surface area contributed by atoms with Crippen LogP contribution in [-0.4, -0.2) is 51.6 Å². The van der Waals surface area contributed by atoms with E-state index in [0.717, 1.165) is 36.9 Å². The van der Waals surface area contributed by atoms with Crippen molar-refractivity contribution in [2.75, 3.05) is 19.7 Å². The van der Waals surface area contributed by atoms with Crippen molar-refractivity contribution in [2.24, 2.45) is 0 Å². The Hall–Kier alpha value is -2.70. The van der Waals surface area contributed by atoms with Crippen LogP contribution in [0.1, 0.15) is 60.3 Å². The normalized spacial score (nSPS) is 23.0. The Kier molecular flexibility index (Phi) is 5.74. The molecule has 2 unspecified atom stereocenters. The molecule has 0 saturated carbocycles. The van der Waals surface area contributed by atoms with Crippen LogP contribution in [0.5, 0.6) is 0 Å². The SMILES string of the molecule is CCOC1CC(c2ccccc2)OC2(CCN(C(=O)c3cn4cc(C)ccc4n3)CC2)C1. The van der Waals surface area contributed by atoms with Gasteiger partial charge in [0.15, 0.2) is 0 Å². The lowest BCUT2D eigenvalue weighted by molar-refractivity contribution is -0.190. The number of imidazole rings is 1. The first-order valence-corrected chi connectivity index (χ1v) is 11.6. The first kappa shape index (κ1) is 21.2. The molecule has 2 aromatic heterocycles. The van der Waals surface area contributed by atoms with Crippen molar-refractivity contribution in [3.8, 4) is 0 Å². The summed E-state index contributed by atoms with van der Waals surface area (Å²) >= 11 is 0. The number of nitrogens with zero attached hydrogens (tertiary/aromatic N) is 3. The number of benzene rings is 1. The quantitative estimate of drug-likeness (QED) is 0.605. The Labute approximate surface area is 189 Å². The molecule has 3 aromatic rings. The summed E-state index contributed by atoms with van der Waals surface area (Å²) in [5.74, 6) is -0.00187. The number of piperidine rings is 1. The molecule has 32 heavy (non-hydrogen) atoms. The van der Waals surface area contributed by atoms with Crippen LogP contribution in [0.15, 0.2) is 54.9 Å². The van der Waals surface area contributed by atoms with Crippen molar-refractivity contribution in [1.82, 2.24) is 14.3 Å². The van der Waals surface area contributed by atoms with Gasteiger partial charge in [0, 0.05) is 44.9 Å². The van der Waals surface area contributed by atoms with E-state index in [1.165, 1.54) is 5.56 Å². The number of likely N-dealkylation sites (tertiary alicyclic amines) is 1. The molecule has 168 valence electrons. The molecule has 2 saturated heterocycles. The highest BCUT2D eigenvalue weighted by atomic mass is 16.5. The van der Waals surface area contributed by atoms with Crippen molar-refractivity contribution >= 4 is 11.6 Å². The number of fused-ring (bicyclic) bond motifs is 1. The van der Waals surface area contributed by atoms with Crippen molar-refractivity contribution < 1.29 is 14.3 Å². The molecule has 6 heteroatoms. The maximum atomic E-state index is 13.2. The molecular weight excluding hydrogens is 402 g/mol. The smallest absolute Gasteiger partial charge is 0.274 e. The van der Waals surface area contributed by atoms with Gasteiger partial charge >= 0.3 is 0 Å². The molecular formula is C26H31N3O3. The monoisotopic (exact) mass is 433 g/mol. The zero-order chi connectivity index (χ0) is 22.1. The molecule has 2 aliphatic rings. The summed E-state index contributed by atoms with van der Waals surface area (Å²) in [6, 6.07) is 14.4. The fourth-order valence-electron chi connectivity index (χ4n) is 5.18. The minimum Gasteiger partial charge on any atom is -0.378 e. The van der Waals surface area contributed by atoms with Gasteiger partial charge in [-0.3, -0.25) is 4.79 Å². The Morgan fingerprint density at radius 2 is 1.94 bits per heavy atom. The summed E-state index contributed by atoms with van der Waals surface area (Å²) in [6.45, 7) is 6.14. The number of rotatable bonds is 4. The van der Waals surface area contributed by atoms with E-state index in [2.05, 4.69) is 36.2 Å². The van der Waals surface area contributed by atoms with E-state index in [0.29, 0.717) is 25.4 Å². The summed E-state index contributed by atoms with van der Waals surface area (Å²) < 4.78 is 14.7. The van der Waals surface area contributed by atoms with Crippen LogP contribution < -0.4 is 0 Å². The Bertz CT molecular complexity index is 1090. The Balaban J connectivity index is 1.30. The van der Waals surface area contributed by atoms with Crippen molar-refractivity contribution in [3.05, 3.63) is 71.7 Å². The average molecular weight is 434 g/mol. The van der Waals surface area contributed by atoms with Crippen LogP contribution in [0.2, 0.25) is 0 Å². The second-order valence-electron chi connectivity index (χ2n) is 9.11. The third-order valence-electron chi connectivity index (χ3n) is 6.82. The Morgan fingerprint density at radius 1 is 1.16 bits per heavy atom. The van der Waals surface area contributed by atoms with Crippen LogP contribution in [0, 0.1) is 6.92 Å². The van der Waals surface area contributed by atoms with Crippen LogP contribution in [0.4, 0.5) is 0 Å². The van der Waals surface area contributed by atoms with E-state index >= 15 is 0 Å². The number of ether oxygens (including phenoxy) is 2. The molecule has 5 rings (SSSR count). The summed E-state index contributed by atoms with van der Waals surface area (Å²) in [4.78, 5) is 19.6. The van der Waals surface area contributed by atoms with E-state index < -0.39 is 0 Å². The third kappa shape index (κ3) is 4.17. The maximum absolute atomic E-state index is 13.2. The highest BCUT2D eigenvalue weighted by Crippen LogP contribution is 2.44. The lowest BCUT2D eigenvalue weighted by atomic mass is 9.80. The van der Waals surface area contributed by atoms with Gasteiger partial charge in [0.25, 0.3) is 5.91 Å². The standard InChI is InChI=1S/C26H31N3O3/c1-3-31-21-15-23(20-7-5-4-6-8-20)32-26(16-21)11-13-28(14-12-26)25(30)22-18-29-17-19(2)9-10-24(29)27-22/h4-10,17-18,21,23H,3,11-16H2,1-2H3. The molecule has 2 aliphatic heterocycles. The van der Waals surface area contributed by atoms with E-state index in [1.807, 2.05) is 46.8 Å². The number of aromatic nitrogens is 2. The second kappa shape index (κ2) is 8.68. The summed E-state index contributed by atoms with van der Waals surface area (Å²) in [5, 5.41) is 0. The van der Waals surface area contributed by atoms with Crippen LogP contribution in [-0.2, 0) is 9.47 Å². The third-order valence-corrected chi connectivity index (χ3v) is 6.82. The zero-order valence-electron chi connectivity index (χ0n) is 18.9. The van der Waals surface area contributed by atoms with E-state index in [1.54, 1.807) is 0 Å². The minimum absolute atomic E-state index is 0.00187. The fourth-order valence-corrected chi connectivity index (χ4v) is 5.18. The lowest BCUT2D eigenvalue weighted by Crippen LogP contribution is -2.52. The van der Waals surface area contributed by atoms with E-state index in [9.17, 15) is 4.79 Å². The average Bonchev–Trinajstić information content (AvgIpc) is 3.23. The number of hydrogen-bond acceptors (Lipinski definition) is 4. The molecule has 2 fully saturated rings. The Morgan fingerprint density at radius 3 is 2.69 bits per heavy atom. The molecule has 2 atom stereocenters. The van der Waals surface area contributed by atoms with Gasteiger partial charge in [-0.25, -0.2) is 4.98 Å². The largest absolute Gasteiger partial charge is 0.378 e.